The van der Waals surface area contributed by atoms with Crippen LogP contribution in [-0.4, -0.2) is 47.7 Å². The van der Waals surface area contributed by atoms with E-state index in [2.05, 4.69) is 20.6 Å². The summed E-state index contributed by atoms with van der Waals surface area (Å²) in [5, 5.41) is 26.4. The molecule has 190 valence electrons. The fourth-order valence-electron chi connectivity index (χ4n) is 3.75. The van der Waals surface area contributed by atoms with Gasteiger partial charge in [-0.3, -0.25) is 34.0 Å². The number of carboxylic acid groups (broad SMARTS) is 1. The fraction of sp³-hybridized carbons (Fsp3) is 0.174. The van der Waals surface area contributed by atoms with Crippen molar-refractivity contribution in [2.24, 2.45) is 0 Å². The summed E-state index contributed by atoms with van der Waals surface area (Å²) >= 11 is 0. The highest BCUT2D eigenvalue weighted by Crippen LogP contribution is 2.28. The van der Waals surface area contributed by atoms with Crippen LogP contribution in [0.3, 0.4) is 0 Å². The predicted molar refractivity (Wildman–Crippen MR) is 131 cm³/mol. The number of hydrogen-bond donors (Lipinski definition) is 4. The minimum absolute atomic E-state index is 0.00884. The van der Waals surface area contributed by atoms with E-state index >= 15 is 0 Å². The number of H-pyrrole nitrogens is 1. The number of aromatic amines is 1. The van der Waals surface area contributed by atoms with Gasteiger partial charge in [-0.05, 0) is 41.8 Å². The molecule has 0 bridgehead atoms. The number of aromatic nitrogens is 4. The molecule has 4 rings (SSSR count). The summed E-state index contributed by atoms with van der Waals surface area (Å²) in [6.07, 6.45) is 7.06. The molecular formula is C23H21N7O7. The molecule has 3 aromatic heterocycles. The number of nitrogens with zero attached hydrogens (tertiary/aromatic N) is 4. The molecule has 14 nitrogen and oxygen atoms in total. The summed E-state index contributed by atoms with van der Waals surface area (Å²) in [7, 11) is 0. The molecule has 1 aromatic carbocycles. The second-order valence-corrected chi connectivity index (χ2v) is 8.00. The van der Waals surface area contributed by atoms with Crippen LogP contribution in [0.1, 0.15) is 11.1 Å². The van der Waals surface area contributed by atoms with E-state index in [-0.39, 0.29) is 35.0 Å². The van der Waals surface area contributed by atoms with Crippen LogP contribution in [0.25, 0.3) is 16.7 Å². The Balaban J connectivity index is 1.54. The van der Waals surface area contributed by atoms with Gasteiger partial charge in [-0.15, -0.1) is 0 Å². The van der Waals surface area contributed by atoms with E-state index in [1.165, 1.54) is 16.8 Å². The predicted octanol–water partition coefficient (Wildman–Crippen LogP) is 0.910. The van der Waals surface area contributed by atoms with Crippen LogP contribution in [-0.2, 0) is 24.3 Å². The van der Waals surface area contributed by atoms with Crippen molar-refractivity contribution in [1.82, 2.24) is 29.7 Å². The van der Waals surface area contributed by atoms with Crippen LogP contribution in [0.15, 0.2) is 64.7 Å². The smallest absolute Gasteiger partial charge is 0.323 e. The topological polar surface area (TPSA) is 194 Å². The van der Waals surface area contributed by atoms with Crippen LogP contribution < -0.4 is 21.8 Å². The van der Waals surface area contributed by atoms with Gasteiger partial charge in [0.1, 0.15) is 12.2 Å². The van der Waals surface area contributed by atoms with Gasteiger partial charge in [0.25, 0.3) is 5.69 Å². The Morgan fingerprint density at radius 3 is 2.57 bits per heavy atom. The number of carboxylic acids is 1. The number of hydrogen-bond acceptors (Lipinski definition) is 7. The lowest BCUT2D eigenvalue weighted by atomic mass is 10.2. The van der Waals surface area contributed by atoms with Crippen molar-refractivity contribution >= 4 is 28.7 Å². The molecule has 0 saturated carbocycles. The summed E-state index contributed by atoms with van der Waals surface area (Å²) in [4.78, 5) is 64.8. The summed E-state index contributed by atoms with van der Waals surface area (Å²) in [6.45, 7) is -0.250. The third-order valence-electron chi connectivity index (χ3n) is 5.50. The molecule has 0 aliphatic carbocycles. The Labute approximate surface area is 207 Å². The van der Waals surface area contributed by atoms with Crippen molar-refractivity contribution < 1.29 is 19.6 Å². The van der Waals surface area contributed by atoms with Crippen LogP contribution in [0, 0.1) is 10.1 Å². The third-order valence-corrected chi connectivity index (χ3v) is 5.50. The molecule has 0 fully saturated rings. The molecule has 0 radical (unpaired) electrons. The molecule has 4 aromatic rings. The molecule has 0 aliphatic rings. The first kappa shape index (κ1) is 24.8. The van der Waals surface area contributed by atoms with Crippen molar-refractivity contribution in [3.8, 4) is 5.69 Å². The molecular weight excluding hydrogens is 486 g/mol. The van der Waals surface area contributed by atoms with Gasteiger partial charge in [-0.25, -0.2) is 4.79 Å². The largest absolute Gasteiger partial charge is 0.480 e. The highest BCUT2D eigenvalue weighted by Gasteiger charge is 2.21. The van der Waals surface area contributed by atoms with E-state index in [4.69, 9.17) is 5.11 Å². The van der Waals surface area contributed by atoms with E-state index in [1.807, 2.05) is 12.1 Å². The number of carbonyl (C=O) groups is 2. The van der Waals surface area contributed by atoms with Crippen molar-refractivity contribution in [2.75, 3.05) is 6.54 Å². The molecule has 0 aliphatic heterocycles. The van der Waals surface area contributed by atoms with Crippen LogP contribution in [0.5, 0.6) is 0 Å². The Bertz CT molecular complexity index is 1610. The number of rotatable bonds is 9. The van der Waals surface area contributed by atoms with Gasteiger partial charge in [0.15, 0.2) is 0 Å². The Hall–Kier alpha value is -5.27. The molecule has 2 amide bonds. The lowest BCUT2D eigenvalue weighted by molar-refractivity contribution is -0.384. The zero-order valence-electron chi connectivity index (χ0n) is 19.2. The molecule has 3 heterocycles. The van der Waals surface area contributed by atoms with Gasteiger partial charge in [-0.1, -0.05) is 0 Å². The number of nitro groups is 1. The van der Waals surface area contributed by atoms with Gasteiger partial charge in [0, 0.05) is 43.9 Å². The summed E-state index contributed by atoms with van der Waals surface area (Å²) in [6, 6.07) is 7.29. The van der Waals surface area contributed by atoms with Gasteiger partial charge < -0.3 is 25.3 Å². The molecule has 37 heavy (non-hydrogen) atoms. The number of urea groups is 1. The Kier molecular flexibility index (Phi) is 7.09. The lowest BCUT2D eigenvalue weighted by Gasteiger charge is -2.11. The second kappa shape index (κ2) is 10.6. The average molecular weight is 507 g/mol. The number of carbonyl (C=O) groups excluding carboxylic acids is 1. The number of nitrogens with one attached hydrogen (secondary N) is 3. The van der Waals surface area contributed by atoms with E-state index < -0.39 is 28.6 Å². The zero-order valence-corrected chi connectivity index (χ0v) is 19.2. The van der Waals surface area contributed by atoms with Crippen LogP contribution in [0.4, 0.5) is 10.5 Å². The number of benzene rings is 1. The minimum atomic E-state index is -1.36. The quantitative estimate of drug-likeness (QED) is 0.146. The third kappa shape index (κ3) is 5.70. The molecule has 4 N–H and O–H groups in total. The molecule has 0 atom stereocenters. The maximum Gasteiger partial charge on any atom is 0.323 e. The highest BCUT2D eigenvalue weighted by atomic mass is 16.6. The van der Waals surface area contributed by atoms with Crippen molar-refractivity contribution in [2.45, 2.75) is 19.5 Å². The number of amides is 2. The SMILES string of the molecule is O=C(O)Cn1c(=O)c(=O)[nH]c2cc([N+](=O)[O-])c(-n3ccc(CNC(=O)NCCc4ccncc4)c3)cc21. The first-order valence-electron chi connectivity index (χ1n) is 11.0. The number of fused-ring (bicyclic) bond motifs is 1. The first-order chi connectivity index (χ1) is 17.7. The van der Waals surface area contributed by atoms with Crippen molar-refractivity contribution in [1.29, 1.82) is 0 Å². The van der Waals surface area contributed by atoms with E-state index in [0.29, 0.717) is 18.5 Å². The average Bonchev–Trinajstić information content (AvgIpc) is 3.34. The van der Waals surface area contributed by atoms with Crippen LogP contribution in [0.2, 0.25) is 0 Å². The Morgan fingerprint density at radius 2 is 1.86 bits per heavy atom. The standard InChI is InChI=1S/C23H21N7O7/c31-20(32)13-29-17-10-18(19(30(36)37)9-16(17)27-21(33)22(29)34)28-8-4-15(12-28)11-26-23(35)25-7-3-14-1-5-24-6-2-14/h1-2,4-6,8-10,12H,3,7,11,13H2,(H,27,33)(H,31,32)(H2,25,26,35). The van der Waals surface area contributed by atoms with Gasteiger partial charge >= 0.3 is 23.1 Å². The number of nitro benzene ring substituents is 1. The number of pyridine rings is 1. The van der Waals surface area contributed by atoms with E-state index in [9.17, 15) is 29.3 Å². The lowest BCUT2D eigenvalue weighted by Crippen LogP contribution is -2.37. The highest BCUT2D eigenvalue weighted by molar-refractivity contribution is 5.83. The first-order valence-corrected chi connectivity index (χ1v) is 11.0. The van der Waals surface area contributed by atoms with E-state index in [0.717, 1.165) is 16.2 Å². The molecule has 0 unspecified atom stereocenters. The second-order valence-electron chi connectivity index (χ2n) is 8.00. The molecule has 0 spiro atoms. The number of aliphatic carboxylic acids is 1. The van der Waals surface area contributed by atoms with Gasteiger partial charge in [0.05, 0.1) is 16.0 Å². The normalized spacial score (nSPS) is 10.8. The minimum Gasteiger partial charge on any atom is -0.480 e. The van der Waals surface area contributed by atoms with Gasteiger partial charge in [0.2, 0.25) is 0 Å². The monoisotopic (exact) mass is 507 g/mol. The van der Waals surface area contributed by atoms with Crippen molar-refractivity contribution in [3.05, 3.63) is 97.1 Å². The Morgan fingerprint density at radius 1 is 1.11 bits per heavy atom. The molecule has 14 heteroatoms. The summed E-state index contributed by atoms with van der Waals surface area (Å²) < 4.78 is 2.16. The fourth-order valence-corrected chi connectivity index (χ4v) is 3.75. The maximum absolute atomic E-state index is 12.3. The zero-order chi connectivity index (χ0) is 26.5. The van der Waals surface area contributed by atoms with Crippen LogP contribution >= 0.6 is 0 Å². The summed E-state index contributed by atoms with van der Waals surface area (Å²) in [5.41, 5.74) is -0.923. The van der Waals surface area contributed by atoms with E-state index in [1.54, 1.807) is 24.7 Å². The van der Waals surface area contributed by atoms with Gasteiger partial charge in [-0.2, -0.15) is 0 Å². The molecule has 0 saturated heterocycles. The summed E-state index contributed by atoms with van der Waals surface area (Å²) in [5.74, 6) is -1.36. The maximum atomic E-state index is 12.3. The van der Waals surface area contributed by atoms with Crippen molar-refractivity contribution in [3.63, 3.8) is 0 Å².